The number of rotatable bonds is 2. The highest BCUT2D eigenvalue weighted by Crippen LogP contribution is 2.35. The van der Waals surface area contributed by atoms with E-state index in [0.717, 1.165) is 33.0 Å². The molecule has 0 radical (unpaired) electrons. The van der Waals surface area contributed by atoms with Crippen LogP contribution in [0, 0.1) is 6.92 Å². The molecule has 0 aliphatic heterocycles. The molecule has 0 aliphatic rings. The fourth-order valence-electron chi connectivity index (χ4n) is 3.61. The lowest BCUT2D eigenvalue weighted by molar-refractivity contribution is 0.553. The van der Waals surface area contributed by atoms with Gasteiger partial charge in [-0.3, -0.25) is 0 Å². The number of nitrogens with zero attached hydrogens (tertiary/aromatic N) is 1. The van der Waals surface area contributed by atoms with Gasteiger partial charge in [0.25, 0.3) is 0 Å². The van der Waals surface area contributed by atoms with Gasteiger partial charge < -0.3 is 4.42 Å². The lowest BCUT2D eigenvalue weighted by atomic mass is 9.95. The summed E-state index contributed by atoms with van der Waals surface area (Å²) in [4.78, 5) is 17.3. The number of aromatic nitrogens is 1. The summed E-state index contributed by atoms with van der Waals surface area (Å²) in [5.41, 5.74) is 5.46. The Hall–Kier alpha value is -3.72. The first-order valence-electron chi connectivity index (χ1n) is 9.20. The van der Waals surface area contributed by atoms with Gasteiger partial charge in [-0.2, -0.15) is 0 Å². The Morgan fingerprint density at radius 2 is 1.46 bits per heavy atom. The van der Waals surface area contributed by atoms with Crippen molar-refractivity contribution in [3.05, 3.63) is 101 Å². The van der Waals surface area contributed by atoms with E-state index in [2.05, 4.69) is 42.2 Å². The van der Waals surface area contributed by atoms with E-state index < -0.39 is 0 Å². The molecule has 0 amide bonds. The summed E-state index contributed by atoms with van der Waals surface area (Å²) in [5, 5.41) is 1.87. The van der Waals surface area contributed by atoms with Crippen LogP contribution in [0.1, 0.15) is 5.56 Å². The standard InChI is InChI=1S/C25H17NO2/c1-16-11-13-18(14-12-16)23-19-9-5-6-10-22(19)26-24-21(23)15-20(25(27)28-24)17-7-3-2-4-8-17/h2-15H,1H3. The lowest BCUT2D eigenvalue weighted by Crippen LogP contribution is -2.04. The van der Waals surface area contributed by atoms with Crippen LogP contribution in [-0.2, 0) is 0 Å². The van der Waals surface area contributed by atoms with Gasteiger partial charge in [-0.05, 0) is 30.2 Å². The first kappa shape index (κ1) is 16.5. The molecule has 0 unspecified atom stereocenters. The maximum atomic E-state index is 12.7. The fraction of sp³-hybridized carbons (Fsp3) is 0.0400. The third-order valence-electron chi connectivity index (χ3n) is 5.02. The van der Waals surface area contributed by atoms with Gasteiger partial charge in [-0.15, -0.1) is 0 Å². The maximum Gasteiger partial charge on any atom is 0.345 e. The first-order chi connectivity index (χ1) is 13.7. The van der Waals surface area contributed by atoms with E-state index in [0.29, 0.717) is 11.3 Å². The van der Waals surface area contributed by atoms with Gasteiger partial charge in [0.2, 0.25) is 5.71 Å². The molecule has 3 aromatic carbocycles. The highest BCUT2D eigenvalue weighted by atomic mass is 16.4. The van der Waals surface area contributed by atoms with Gasteiger partial charge in [0, 0.05) is 16.3 Å². The maximum absolute atomic E-state index is 12.7. The number of benzene rings is 3. The highest BCUT2D eigenvalue weighted by Gasteiger charge is 2.16. The van der Waals surface area contributed by atoms with Gasteiger partial charge in [0.1, 0.15) is 0 Å². The summed E-state index contributed by atoms with van der Waals surface area (Å²) in [5.74, 6) is 0. The number of aryl methyl sites for hydroxylation is 1. The molecule has 3 nitrogen and oxygen atoms in total. The van der Waals surface area contributed by atoms with Crippen molar-refractivity contribution >= 4 is 22.0 Å². The molecule has 134 valence electrons. The molecule has 28 heavy (non-hydrogen) atoms. The van der Waals surface area contributed by atoms with Crippen LogP contribution in [0.15, 0.2) is 94.1 Å². The Kier molecular flexibility index (Phi) is 3.80. The van der Waals surface area contributed by atoms with Crippen LogP contribution in [0.4, 0.5) is 0 Å². The minimum atomic E-state index is -0.378. The molecule has 3 heteroatoms. The molecule has 0 atom stereocenters. The van der Waals surface area contributed by atoms with E-state index in [1.807, 2.05) is 54.6 Å². The van der Waals surface area contributed by atoms with E-state index in [-0.39, 0.29) is 5.63 Å². The second-order valence-electron chi connectivity index (χ2n) is 6.90. The zero-order valence-electron chi connectivity index (χ0n) is 15.3. The Balaban J connectivity index is 1.92. The molecule has 0 bridgehead atoms. The van der Waals surface area contributed by atoms with Crippen molar-refractivity contribution in [3.63, 3.8) is 0 Å². The Bertz CT molecular complexity index is 1370. The molecular formula is C25H17NO2. The van der Waals surface area contributed by atoms with Crippen LogP contribution >= 0.6 is 0 Å². The number of hydrogen-bond donors (Lipinski definition) is 0. The summed E-state index contributed by atoms with van der Waals surface area (Å²) in [7, 11) is 0. The van der Waals surface area contributed by atoms with Crippen molar-refractivity contribution in [3.8, 4) is 22.3 Å². The molecule has 2 heterocycles. The lowest BCUT2D eigenvalue weighted by Gasteiger charge is -2.12. The minimum absolute atomic E-state index is 0.360. The van der Waals surface area contributed by atoms with Crippen LogP contribution in [0.3, 0.4) is 0 Å². The topological polar surface area (TPSA) is 43.1 Å². The van der Waals surface area contributed by atoms with Crippen molar-refractivity contribution < 1.29 is 4.42 Å². The molecule has 5 aromatic rings. The third-order valence-corrected chi connectivity index (χ3v) is 5.02. The van der Waals surface area contributed by atoms with E-state index in [1.54, 1.807) is 0 Å². The normalized spacial score (nSPS) is 11.2. The van der Waals surface area contributed by atoms with Gasteiger partial charge in [0.15, 0.2) is 0 Å². The van der Waals surface area contributed by atoms with E-state index >= 15 is 0 Å². The summed E-state index contributed by atoms with van der Waals surface area (Å²) >= 11 is 0. The van der Waals surface area contributed by atoms with Gasteiger partial charge in [0.05, 0.1) is 11.1 Å². The minimum Gasteiger partial charge on any atom is -0.403 e. The number of para-hydroxylation sites is 1. The van der Waals surface area contributed by atoms with Gasteiger partial charge in [-0.1, -0.05) is 78.4 Å². The third kappa shape index (κ3) is 2.69. The average molecular weight is 363 g/mol. The molecule has 2 aromatic heterocycles. The van der Waals surface area contributed by atoms with E-state index in [1.165, 1.54) is 5.56 Å². The first-order valence-corrected chi connectivity index (χ1v) is 9.20. The van der Waals surface area contributed by atoms with Crippen molar-refractivity contribution in [2.75, 3.05) is 0 Å². The predicted molar refractivity (Wildman–Crippen MR) is 113 cm³/mol. The van der Waals surface area contributed by atoms with E-state index in [9.17, 15) is 4.79 Å². The van der Waals surface area contributed by atoms with Crippen molar-refractivity contribution in [1.29, 1.82) is 0 Å². The summed E-state index contributed by atoms with van der Waals surface area (Å²) in [6.45, 7) is 2.07. The largest absolute Gasteiger partial charge is 0.403 e. The zero-order valence-corrected chi connectivity index (χ0v) is 15.3. The number of pyridine rings is 1. The average Bonchev–Trinajstić information content (AvgIpc) is 2.73. The Morgan fingerprint density at radius 3 is 2.25 bits per heavy atom. The predicted octanol–water partition coefficient (Wildman–Crippen LogP) is 5.98. The monoisotopic (exact) mass is 363 g/mol. The second kappa shape index (κ2) is 6.46. The van der Waals surface area contributed by atoms with Crippen LogP contribution in [-0.4, -0.2) is 4.98 Å². The number of hydrogen-bond acceptors (Lipinski definition) is 3. The summed E-state index contributed by atoms with van der Waals surface area (Å²) < 4.78 is 5.67. The summed E-state index contributed by atoms with van der Waals surface area (Å²) in [6.07, 6.45) is 0. The van der Waals surface area contributed by atoms with Crippen molar-refractivity contribution in [2.45, 2.75) is 6.92 Å². The van der Waals surface area contributed by atoms with Gasteiger partial charge in [-0.25, -0.2) is 9.78 Å². The Morgan fingerprint density at radius 1 is 0.750 bits per heavy atom. The second-order valence-corrected chi connectivity index (χ2v) is 6.90. The van der Waals surface area contributed by atoms with Crippen molar-refractivity contribution in [2.24, 2.45) is 0 Å². The highest BCUT2D eigenvalue weighted by molar-refractivity contribution is 6.08. The van der Waals surface area contributed by atoms with Crippen LogP contribution in [0.25, 0.3) is 44.3 Å². The molecule has 0 N–H and O–H groups in total. The molecule has 5 rings (SSSR count). The SMILES string of the molecule is Cc1ccc(-c2c3ccccc3nc3oc(=O)c(-c4ccccc4)cc23)cc1. The quantitative estimate of drug-likeness (QED) is 0.362. The zero-order chi connectivity index (χ0) is 19.1. The molecule has 0 saturated heterocycles. The molecular weight excluding hydrogens is 346 g/mol. The van der Waals surface area contributed by atoms with E-state index in [4.69, 9.17) is 4.42 Å². The smallest absolute Gasteiger partial charge is 0.345 e. The summed E-state index contributed by atoms with van der Waals surface area (Å²) in [6, 6.07) is 27.8. The van der Waals surface area contributed by atoms with Crippen LogP contribution in [0.5, 0.6) is 0 Å². The van der Waals surface area contributed by atoms with Gasteiger partial charge >= 0.3 is 5.63 Å². The van der Waals surface area contributed by atoms with Crippen molar-refractivity contribution in [1.82, 2.24) is 4.98 Å². The van der Waals surface area contributed by atoms with Crippen LogP contribution in [0.2, 0.25) is 0 Å². The molecule has 0 spiro atoms. The number of fused-ring (bicyclic) bond motifs is 2. The molecule has 0 fully saturated rings. The molecule has 0 aliphatic carbocycles. The molecule has 0 saturated carbocycles. The Labute approximate surface area is 161 Å². The fourth-order valence-corrected chi connectivity index (χ4v) is 3.61. The van der Waals surface area contributed by atoms with Crippen LogP contribution < -0.4 is 5.63 Å².